The molecular weight excluding hydrogens is 214 g/mol. The van der Waals surface area contributed by atoms with Crippen molar-refractivity contribution in [1.82, 2.24) is 15.3 Å². The van der Waals surface area contributed by atoms with Gasteiger partial charge in [0, 0.05) is 12.4 Å². The Hall–Kier alpha value is -1.00. The molecule has 0 aliphatic carbocycles. The van der Waals surface area contributed by atoms with Crippen LogP contribution in [0.1, 0.15) is 24.8 Å². The van der Waals surface area contributed by atoms with Gasteiger partial charge in [-0.05, 0) is 50.3 Å². The van der Waals surface area contributed by atoms with Crippen LogP contribution in [-0.4, -0.2) is 35.3 Å². The minimum atomic E-state index is 0.172. The van der Waals surface area contributed by atoms with Gasteiger partial charge in [0.2, 0.25) is 0 Å². The summed E-state index contributed by atoms with van der Waals surface area (Å²) in [7, 11) is 0. The third-order valence-corrected chi connectivity index (χ3v) is 3.94. The van der Waals surface area contributed by atoms with Crippen molar-refractivity contribution in [1.29, 1.82) is 0 Å². The number of nitrogens with zero attached hydrogens (tertiary/aromatic N) is 2. The first kappa shape index (κ1) is 11.1. The van der Waals surface area contributed by atoms with Gasteiger partial charge in [0.1, 0.15) is 6.33 Å². The lowest BCUT2D eigenvalue weighted by Crippen LogP contribution is -2.41. The zero-order chi connectivity index (χ0) is 11.6. The lowest BCUT2D eigenvalue weighted by atomic mass is 9.84. The molecule has 4 nitrogen and oxygen atoms in total. The average molecular weight is 233 g/mol. The predicted molar refractivity (Wildman–Crippen MR) is 64.6 cm³/mol. The van der Waals surface area contributed by atoms with Crippen molar-refractivity contribution in [3.63, 3.8) is 0 Å². The number of aromatic nitrogens is 2. The SMILES string of the molecule is c1ncc(C[C@H]2COC3(CCNCC3)C2)cn1. The summed E-state index contributed by atoms with van der Waals surface area (Å²) >= 11 is 0. The van der Waals surface area contributed by atoms with Crippen LogP contribution in [0.3, 0.4) is 0 Å². The van der Waals surface area contributed by atoms with Crippen LogP contribution < -0.4 is 5.32 Å². The van der Waals surface area contributed by atoms with Gasteiger partial charge in [0.15, 0.2) is 0 Å². The second-order valence-electron chi connectivity index (χ2n) is 5.27. The van der Waals surface area contributed by atoms with E-state index in [4.69, 9.17) is 4.74 Å². The second-order valence-corrected chi connectivity index (χ2v) is 5.27. The summed E-state index contributed by atoms with van der Waals surface area (Å²) < 4.78 is 6.09. The van der Waals surface area contributed by atoms with Crippen molar-refractivity contribution >= 4 is 0 Å². The summed E-state index contributed by atoms with van der Waals surface area (Å²) in [5.41, 5.74) is 1.40. The first-order valence-corrected chi connectivity index (χ1v) is 6.45. The number of hydrogen-bond donors (Lipinski definition) is 1. The number of hydrogen-bond acceptors (Lipinski definition) is 4. The van der Waals surface area contributed by atoms with Crippen molar-refractivity contribution in [2.75, 3.05) is 19.7 Å². The number of piperidine rings is 1. The van der Waals surface area contributed by atoms with Gasteiger partial charge in [-0.3, -0.25) is 0 Å². The van der Waals surface area contributed by atoms with E-state index in [9.17, 15) is 0 Å². The highest BCUT2D eigenvalue weighted by Gasteiger charge is 2.40. The van der Waals surface area contributed by atoms with Gasteiger partial charge in [0.05, 0.1) is 12.2 Å². The Balaban J connectivity index is 1.60. The summed E-state index contributed by atoms with van der Waals surface area (Å²) in [5, 5.41) is 3.40. The Bertz CT molecular complexity index is 362. The monoisotopic (exact) mass is 233 g/mol. The van der Waals surface area contributed by atoms with Gasteiger partial charge in [-0.15, -0.1) is 0 Å². The van der Waals surface area contributed by atoms with Gasteiger partial charge < -0.3 is 10.1 Å². The summed E-state index contributed by atoms with van der Waals surface area (Å²) in [4.78, 5) is 8.14. The molecule has 1 atom stereocenters. The lowest BCUT2D eigenvalue weighted by Gasteiger charge is -2.33. The van der Waals surface area contributed by atoms with Crippen molar-refractivity contribution in [3.8, 4) is 0 Å². The molecule has 92 valence electrons. The van der Waals surface area contributed by atoms with Crippen molar-refractivity contribution in [2.45, 2.75) is 31.3 Å². The molecule has 1 N–H and O–H groups in total. The zero-order valence-corrected chi connectivity index (χ0v) is 10.1. The fourth-order valence-corrected chi connectivity index (χ4v) is 3.07. The lowest BCUT2D eigenvalue weighted by molar-refractivity contribution is -0.0196. The van der Waals surface area contributed by atoms with Crippen LogP contribution in [0, 0.1) is 5.92 Å². The zero-order valence-electron chi connectivity index (χ0n) is 10.1. The molecule has 3 heterocycles. The normalized spacial score (nSPS) is 27.4. The van der Waals surface area contributed by atoms with Gasteiger partial charge in [-0.1, -0.05) is 0 Å². The Kier molecular flexibility index (Phi) is 3.07. The van der Waals surface area contributed by atoms with Gasteiger partial charge in [0.25, 0.3) is 0 Å². The molecule has 2 saturated heterocycles. The van der Waals surface area contributed by atoms with E-state index in [-0.39, 0.29) is 5.60 Å². The van der Waals surface area contributed by atoms with E-state index < -0.39 is 0 Å². The van der Waals surface area contributed by atoms with Gasteiger partial charge in [-0.25, -0.2) is 9.97 Å². The van der Waals surface area contributed by atoms with Crippen LogP contribution in [0.5, 0.6) is 0 Å². The topological polar surface area (TPSA) is 47.0 Å². The Morgan fingerprint density at radius 1 is 1.29 bits per heavy atom. The largest absolute Gasteiger partial charge is 0.375 e. The minimum Gasteiger partial charge on any atom is -0.375 e. The molecule has 0 amide bonds. The first-order chi connectivity index (χ1) is 8.36. The highest BCUT2D eigenvalue weighted by molar-refractivity contribution is 5.05. The summed E-state index contributed by atoms with van der Waals surface area (Å²) in [6.07, 6.45) is 9.99. The van der Waals surface area contributed by atoms with E-state index >= 15 is 0 Å². The molecule has 3 rings (SSSR count). The number of ether oxygens (including phenoxy) is 1. The molecule has 1 aromatic heterocycles. The fraction of sp³-hybridized carbons (Fsp3) is 0.692. The molecule has 0 unspecified atom stereocenters. The summed E-state index contributed by atoms with van der Waals surface area (Å²) in [6, 6.07) is 0. The van der Waals surface area contributed by atoms with Crippen LogP contribution in [0.15, 0.2) is 18.7 Å². The molecule has 2 aliphatic heterocycles. The number of nitrogens with one attached hydrogen (secondary N) is 1. The van der Waals surface area contributed by atoms with Crippen LogP contribution >= 0.6 is 0 Å². The maximum absolute atomic E-state index is 6.09. The van der Waals surface area contributed by atoms with E-state index in [1.54, 1.807) is 6.33 Å². The molecule has 0 radical (unpaired) electrons. The third-order valence-electron chi connectivity index (χ3n) is 3.94. The molecule has 1 spiro atoms. The second kappa shape index (κ2) is 4.70. The first-order valence-electron chi connectivity index (χ1n) is 6.45. The molecule has 4 heteroatoms. The predicted octanol–water partition coefficient (Wildman–Crippen LogP) is 1.18. The van der Waals surface area contributed by atoms with Crippen LogP contribution in [0.25, 0.3) is 0 Å². The summed E-state index contributed by atoms with van der Waals surface area (Å²) in [5.74, 6) is 0.638. The standard InChI is InChI=1S/C13H19N3O/c1-3-14-4-2-13(1)6-11(9-17-13)5-12-7-15-10-16-8-12/h7-8,10-11,14H,1-6,9H2/t11-/m1/s1. The molecule has 1 aromatic rings. The molecule has 17 heavy (non-hydrogen) atoms. The van der Waals surface area contributed by atoms with E-state index in [1.807, 2.05) is 12.4 Å². The van der Waals surface area contributed by atoms with E-state index in [2.05, 4.69) is 15.3 Å². The Morgan fingerprint density at radius 2 is 2.06 bits per heavy atom. The van der Waals surface area contributed by atoms with Crippen LogP contribution in [0.2, 0.25) is 0 Å². The minimum absolute atomic E-state index is 0.172. The molecule has 0 bridgehead atoms. The molecule has 2 fully saturated rings. The number of rotatable bonds is 2. The summed E-state index contributed by atoms with van der Waals surface area (Å²) in [6.45, 7) is 3.09. The average Bonchev–Trinajstić information content (AvgIpc) is 2.74. The maximum Gasteiger partial charge on any atom is 0.115 e. The Morgan fingerprint density at radius 3 is 2.82 bits per heavy atom. The highest BCUT2D eigenvalue weighted by Crippen LogP contribution is 2.38. The van der Waals surface area contributed by atoms with Crippen LogP contribution in [0.4, 0.5) is 0 Å². The van der Waals surface area contributed by atoms with Gasteiger partial charge >= 0.3 is 0 Å². The van der Waals surface area contributed by atoms with Crippen molar-refractivity contribution in [2.24, 2.45) is 5.92 Å². The Labute approximate surface area is 102 Å². The highest BCUT2D eigenvalue weighted by atomic mass is 16.5. The van der Waals surface area contributed by atoms with Crippen LogP contribution in [-0.2, 0) is 11.2 Å². The smallest absolute Gasteiger partial charge is 0.115 e. The molecule has 0 saturated carbocycles. The molecule has 2 aliphatic rings. The van der Waals surface area contributed by atoms with E-state index in [0.29, 0.717) is 5.92 Å². The third kappa shape index (κ3) is 2.48. The maximum atomic E-state index is 6.09. The van der Waals surface area contributed by atoms with Crippen molar-refractivity contribution in [3.05, 3.63) is 24.3 Å². The fourth-order valence-electron chi connectivity index (χ4n) is 3.07. The quantitative estimate of drug-likeness (QED) is 0.833. The van der Waals surface area contributed by atoms with E-state index in [1.165, 1.54) is 12.0 Å². The molecule has 0 aromatic carbocycles. The molecular formula is C13H19N3O. The van der Waals surface area contributed by atoms with Gasteiger partial charge in [-0.2, -0.15) is 0 Å². The van der Waals surface area contributed by atoms with Crippen molar-refractivity contribution < 1.29 is 4.74 Å². The van der Waals surface area contributed by atoms with E-state index in [0.717, 1.165) is 39.0 Å².